The summed E-state index contributed by atoms with van der Waals surface area (Å²) in [7, 11) is 0. The molecule has 0 spiro atoms. The van der Waals surface area contributed by atoms with E-state index in [1.165, 1.54) is 12.3 Å². The molecule has 0 saturated heterocycles. The summed E-state index contributed by atoms with van der Waals surface area (Å²) in [5.41, 5.74) is 4.69. The molecule has 24 heavy (non-hydrogen) atoms. The predicted octanol–water partition coefficient (Wildman–Crippen LogP) is 2.94. The maximum absolute atomic E-state index is 11.8. The molecule has 2 rings (SSSR count). The molecule has 2 aromatic rings. The third-order valence-electron chi connectivity index (χ3n) is 3.03. The van der Waals surface area contributed by atoms with E-state index in [-0.39, 0.29) is 12.2 Å². The third-order valence-corrected chi connectivity index (χ3v) is 3.67. The molecule has 0 bridgehead atoms. The maximum Gasteiger partial charge on any atom is 0.249 e. The van der Waals surface area contributed by atoms with Crippen LogP contribution in [0.4, 0.5) is 5.69 Å². The Morgan fingerprint density at radius 1 is 1.17 bits per heavy atom. The molecule has 2 aromatic carbocycles. The normalized spacial score (nSPS) is 10.6. The van der Waals surface area contributed by atoms with Crippen LogP contribution >= 0.6 is 15.9 Å². The van der Waals surface area contributed by atoms with Crippen LogP contribution < -0.4 is 10.7 Å². The van der Waals surface area contributed by atoms with Crippen LogP contribution in [0.2, 0.25) is 0 Å². The van der Waals surface area contributed by atoms with E-state index in [4.69, 9.17) is 0 Å². The number of nitrogens with zero attached hydrogens (tertiary/aromatic N) is 1. The molecule has 0 atom stereocenters. The number of aromatic hydroxyl groups is 1. The monoisotopic (exact) mass is 389 g/mol. The second-order valence-corrected chi connectivity index (χ2v) is 5.95. The van der Waals surface area contributed by atoms with E-state index in [1.807, 2.05) is 19.1 Å². The molecule has 0 fully saturated rings. The van der Waals surface area contributed by atoms with Crippen LogP contribution in [0.15, 0.2) is 52.0 Å². The zero-order valence-corrected chi connectivity index (χ0v) is 14.5. The number of benzene rings is 2. The third kappa shape index (κ3) is 5.51. The summed E-state index contributed by atoms with van der Waals surface area (Å²) < 4.78 is 0.523. The lowest BCUT2D eigenvalue weighted by Crippen LogP contribution is -2.24. The molecule has 0 radical (unpaired) electrons. The zero-order chi connectivity index (χ0) is 17.5. The fraction of sp³-hybridized carbons (Fsp3) is 0.118. The van der Waals surface area contributed by atoms with Gasteiger partial charge in [-0.15, -0.1) is 0 Å². The largest absolute Gasteiger partial charge is 0.507 e. The molecule has 0 aliphatic carbocycles. The minimum absolute atomic E-state index is 0.115. The Morgan fingerprint density at radius 3 is 2.54 bits per heavy atom. The predicted molar refractivity (Wildman–Crippen MR) is 96.0 cm³/mol. The Balaban J connectivity index is 1.81. The second kappa shape index (κ2) is 8.26. The van der Waals surface area contributed by atoms with Crippen molar-refractivity contribution in [2.45, 2.75) is 13.3 Å². The van der Waals surface area contributed by atoms with Gasteiger partial charge in [-0.1, -0.05) is 17.7 Å². The van der Waals surface area contributed by atoms with Crippen LogP contribution in [-0.4, -0.2) is 23.1 Å². The van der Waals surface area contributed by atoms with Gasteiger partial charge in [-0.25, -0.2) is 5.43 Å². The fourth-order valence-electron chi connectivity index (χ4n) is 1.81. The van der Waals surface area contributed by atoms with E-state index in [0.717, 1.165) is 5.56 Å². The first-order chi connectivity index (χ1) is 11.4. The van der Waals surface area contributed by atoms with Crippen LogP contribution in [0.5, 0.6) is 5.75 Å². The molecule has 124 valence electrons. The van der Waals surface area contributed by atoms with Crippen molar-refractivity contribution < 1.29 is 14.7 Å². The lowest BCUT2D eigenvalue weighted by molar-refractivity contribution is -0.126. The van der Waals surface area contributed by atoms with Crippen molar-refractivity contribution in [3.05, 3.63) is 58.1 Å². The van der Waals surface area contributed by atoms with E-state index in [1.54, 1.807) is 24.3 Å². The Labute approximate surface area is 147 Å². The second-order valence-electron chi connectivity index (χ2n) is 5.10. The molecule has 0 saturated carbocycles. The molecule has 0 aliphatic rings. The summed E-state index contributed by atoms with van der Waals surface area (Å²) in [6, 6.07) is 12.1. The molecule has 0 unspecified atom stereocenters. The number of carbonyl (C=O) groups excluding carboxylic acids is 2. The first kappa shape index (κ1) is 17.7. The SMILES string of the molecule is Cc1ccc(NC(=O)CC(=O)N/N=C/c2ccc(O)c(Br)c2)cc1. The number of anilines is 1. The van der Waals surface area contributed by atoms with Crippen molar-refractivity contribution in [2.24, 2.45) is 5.10 Å². The maximum atomic E-state index is 11.8. The van der Waals surface area contributed by atoms with E-state index < -0.39 is 11.8 Å². The van der Waals surface area contributed by atoms with Crippen LogP contribution in [0.25, 0.3) is 0 Å². The number of rotatable bonds is 5. The average molecular weight is 390 g/mol. The average Bonchev–Trinajstić information content (AvgIpc) is 2.53. The van der Waals surface area contributed by atoms with Crippen molar-refractivity contribution in [3.8, 4) is 5.75 Å². The zero-order valence-electron chi connectivity index (χ0n) is 12.9. The number of hydrazone groups is 1. The van der Waals surface area contributed by atoms with Crippen molar-refractivity contribution in [3.63, 3.8) is 0 Å². The number of carbonyl (C=O) groups is 2. The summed E-state index contributed by atoms with van der Waals surface area (Å²) in [4.78, 5) is 23.4. The first-order valence-electron chi connectivity index (χ1n) is 7.11. The summed E-state index contributed by atoms with van der Waals surface area (Å²) >= 11 is 3.18. The number of aryl methyl sites for hydroxylation is 1. The van der Waals surface area contributed by atoms with E-state index in [0.29, 0.717) is 15.7 Å². The molecule has 6 nitrogen and oxygen atoms in total. The highest BCUT2D eigenvalue weighted by Crippen LogP contribution is 2.23. The van der Waals surface area contributed by atoms with Crippen LogP contribution in [0, 0.1) is 6.92 Å². The van der Waals surface area contributed by atoms with E-state index in [9.17, 15) is 14.7 Å². The molecule has 3 N–H and O–H groups in total. The standard InChI is InChI=1S/C17H16BrN3O3/c1-11-2-5-13(6-3-11)20-16(23)9-17(24)21-19-10-12-4-7-15(22)14(18)8-12/h2-8,10,22H,9H2,1H3,(H,20,23)(H,21,24)/b19-10+. The van der Waals surface area contributed by atoms with Gasteiger partial charge in [0.05, 0.1) is 10.7 Å². The Kier molecular flexibility index (Phi) is 6.08. The van der Waals surface area contributed by atoms with Crippen molar-refractivity contribution in [1.82, 2.24) is 5.43 Å². The molecule has 7 heteroatoms. The quantitative estimate of drug-likeness (QED) is 0.417. The number of nitrogens with one attached hydrogen (secondary N) is 2. The van der Waals surface area contributed by atoms with Crippen LogP contribution in [0.3, 0.4) is 0 Å². The minimum atomic E-state index is -0.520. The Hall–Kier alpha value is -2.67. The molecule has 0 aliphatic heterocycles. The lowest BCUT2D eigenvalue weighted by Gasteiger charge is -2.04. The highest BCUT2D eigenvalue weighted by Gasteiger charge is 2.08. The van der Waals surface area contributed by atoms with Gasteiger partial charge in [0.15, 0.2) is 0 Å². The first-order valence-corrected chi connectivity index (χ1v) is 7.90. The van der Waals surface area contributed by atoms with Gasteiger partial charge < -0.3 is 10.4 Å². The number of hydrogen-bond donors (Lipinski definition) is 3. The summed E-state index contributed by atoms with van der Waals surface area (Å²) in [5, 5.41) is 15.8. The minimum Gasteiger partial charge on any atom is -0.507 e. The number of amides is 2. The number of phenolic OH excluding ortho intramolecular Hbond substituents is 1. The topological polar surface area (TPSA) is 90.8 Å². The van der Waals surface area contributed by atoms with E-state index >= 15 is 0 Å². The van der Waals surface area contributed by atoms with Crippen LogP contribution in [0.1, 0.15) is 17.5 Å². The van der Waals surface area contributed by atoms with Gasteiger partial charge in [0.1, 0.15) is 12.2 Å². The fourth-order valence-corrected chi connectivity index (χ4v) is 2.21. The number of phenols is 1. The molecular weight excluding hydrogens is 374 g/mol. The van der Waals surface area contributed by atoms with Gasteiger partial charge in [-0.3, -0.25) is 9.59 Å². The summed E-state index contributed by atoms with van der Waals surface area (Å²) in [6.45, 7) is 1.95. The summed E-state index contributed by atoms with van der Waals surface area (Å²) in [6.07, 6.45) is 1.09. The van der Waals surface area contributed by atoms with Gasteiger partial charge in [0, 0.05) is 5.69 Å². The van der Waals surface area contributed by atoms with Gasteiger partial charge in [-0.05, 0) is 58.7 Å². The Morgan fingerprint density at radius 2 is 1.88 bits per heavy atom. The van der Waals surface area contributed by atoms with Gasteiger partial charge in [0.25, 0.3) is 0 Å². The highest BCUT2D eigenvalue weighted by atomic mass is 79.9. The highest BCUT2D eigenvalue weighted by molar-refractivity contribution is 9.10. The Bertz CT molecular complexity index is 773. The van der Waals surface area contributed by atoms with Crippen molar-refractivity contribution in [2.75, 3.05) is 5.32 Å². The molecule has 2 amide bonds. The van der Waals surface area contributed by atoms with Crippen molar-refractivity contribution in [1.29, 1.82) is 0 Å². The van der Waals surface area contributed by atoms with Gasteiger partial charge >= 0.3 is 0 Å². The van der Waals surface area contributed by atoms with Gasteiger partial charge in [0.2, 0.25) is 11.8 Å². The van der Waals surface area contributed by atoms with Gasteiger partial charge in [-0.2, -0.15) is 5.10 Å². The van der Waals surface area contributed by atoms with Crippen molar-refractivity contribution >= 4 is 39.6 Å². The molecule has 0 aromatic heterocycles. The number of hydrogen-bond acceptors (Lipinski definition) is 4. The van der Waals surface area contributed by atoms with Crippen LogP contribution in [-0.2, 0) is 9.59 Å². The number of halogens is 1. The molecular formula is C17H16BrN3O3. The molecule has 0 heterocycles. The summed E-state index contributed by atoms with van der Waals surface area (Å²) in [5.74, 6) is -0.823. The smallest absolute Gasteiger partial charge is 0.249 e. The van der Waals surface area contributed by atoms with E-state index in [2.05, 4.69) is 31.8 Å². The lowest BCUT2D eigenvalue weighted by atomic mass is 10.2.